The first-order valence-electron chi connectivity index (χ1n) is 6.35. The Kier molecular flexibility index (Phi) is 4.64. The molecule has 2 heterocycles. The van der Waals surface area contributed by atoms with E-state index in [1.807, 2.05) is 6.92 Å². The third-order valence-corrected chi connectivity index (χ3v) is 4.08. The highest BCUT2D eigenvalue weighted by atomic mass is 32.1. The Morgan fingerprint density at radius 1 is 1.60 bits per heavy atom. The minimum absolute atomic E-state index is 0.0226. The average molecular weight is 307 g/mol. The van der Waals surface area contributed by atoms with Crippen LogP contribution in [0.25, 0.3) is 0 Å². The predicted molar refractivity (Wildman–Crippen MR) is 70.7 cm³/mol. The summed E-state index contributed by atoms with van der Waals surface area (Å²) in [6.45, 7) is 2.21. The molecule has 0 aromatic carbocycles. The fraction of sp³-hybridized carbons (Fsp3) is 0.667. The summed E-state index contributed by atoms with van der Waals surface area (Å²) in [6, 6.07) is 0. The number of thiazole rings is 1. The summed E-state index contributed by atoms with van der Waals surface area (Å²) in [5, 5.41) is 4.89. The normalized spacial score (nSPS) is 20.9. The third kappa shape index (κ3) is 4.17. The van der Waals surface area contributed by atoms with E-state index in [2.05, 4.69) is 10.3 Å². The number of amides is 1. The van der Waals surface area contributed by atoms with Gasteiger partial charge in [0.1, 0.15) is 0 Å². The van der Waals surface area contributed by atoms with Crippen molar-refractivity contribution in [3.63, 3.8) is 0 Å². The average Bonchev–Trinajstić information content (AvgIpc) is 2.73. The maximum atomic E-state index is 12.7. The molecule has 0 spiro atoms. The van der Waals surface area contributed by atoms with E-state index in [9.17, 15) is 18.0 Å². The quantitative estimate of drug-likeness (QED) is 0.934. The van der Waals surface area contributed by atoms with Gasteiger partial charge in [-0.25, -0.2) is 4.98 Å². The van der Waals surface area contributed by atoms with Gasteiger partial charge in [-0.2, -0.15) is 13.2 Å². The van der Waals surface area contributed by atoms with Crippen LogP contribution in [0.1, 0.15) is 18.5 Å². The van der Waals surface area contributed by atoms with Gasteiger partial charge in [0.25, 0.3) is 0 Å². The van der Waals surface area contributed by atoms with Crippen molar-refractivity contribution < 1.29 is 18.0 Å². The number of nitrogens with one attached hydrogen (secondary N) is 1. The number of nitrogens with zero attached hydrogens (tertiary/aromatic N) is 2. The molecule has 20 heavy (non-hydrogen) atoms. The molecule has 0 unspecified atom stereocenters. The molecule has 1 aliphatic rings. The Morgan fingerprint density at radius 2 is 2.35 bits per heavy atom. The summed E-state index contributed by atoms with van der Waals surface area (Å²) in [6.07, 6.45) is -3.57. The van der Waals surface area contributed by atoms with Crippen LogP contribution in [0.5, 0.6) is 0 Å². The van der Waals surface area contributed by atoms with Gasteiger partial charge in [-0.15, -0.1) is 11.3 Å². The van der Waals surface area contributed by atoms with Crippen LogP contribution >= 0.6 is 11.3 Å². The number of rotatable bonds is 3. The van der Waals surface area contributed by atoms with Crippen LogP contribution in [-0.2, 0) is 4.79 Å². The van der Waals surface area contributed by atoms with E-state index >= 15 is 0 Å². The fourth-order valence-corrected chi connectivity index (χ4v) is 2.94. The summed E-state index contributed by atoms with van der Waals surface area (Å²) in [7, 11) is 0. The van der Waals surface area contributed by atoms with E-state index in [0.29, 0.717) is 18.1 Å². The lowest BCUT2D eigenvalue weighted by atomic mass is 9.97. The van der Waals surface area contributed by atoms with Crippen LogP contribution in [0.4, 0.5) is 18.3 Å². The van der Waals surface area contributed by atoms with Crippen LogP contribution in [0.2, 0.25) is 0 Å². The van der Waals surface area contributed by atoms with Crippen molar-refractivity contribution in [2.45, 2.75) is 25.9 Å². The number of halogens is 3. The monoisotopic (exact) mass is 307 g/mol. The van der Waals surface area contributed by atoms with Crippen LogP contribution in [0.15, 0.2) is 5.38 Å². The lowest BCUT2D eigenvalue weighted by Crippen LogP contribution is -2.44. The van der Waals surface area contributed by atoms with Crippen molar-refractivity contribution in [1.29, 1.82) is 0 Å². The number of likely N-dealkylation sites (tertiary alicyclic amines) is 1. The molecule has 1 N–H and O–H groups in total. The number of aromatic nitrogens is 1. The molecule has 0 saturated carbocycles. The molecule has 1 aromatic rings. The SMILES string of the molecule is Cc1csc(NC(=O)CN2CCC[C@H](C(F)(F)F)C2)n1. The maximum absolute atomic E-state index is 12.7. The molecule has 1 fully saturated rings. The Balaban J connectivity index is 1.85. The second kappa shape index (κ2) is 6.09. The lowest BCUT2D eigenvalue weighted by molar-refractivity contribution is -0.186. The summed E-state index contributed by atoms with van der Waals surface area (Å²) < 4.78 is 38.0. The first-order valence-corrected chi connectivity index (χ1v) is 7.23. The smallest absolute Gasteiger partial charge is 0.301 e. The fourth-order valence-electron chi connectivity index (χ4n) is 2.24. The van der Waals surface area contributed by atoms with E-state index in [0.717, 1.165) is 5.69 Å². The highest BCUT2D eigenvalue weighted by Gasteiger charge is 2.41. The number of piperidine rings is 1. The molecule has 1 aliphatic heterocycles. The molecular formula is C12H16F3N3OS. The van der Waals surface area contributed by atoms with E-state index in [1.54, 1.807) is 10.3 Å². The second-order valence-electron chi connectivity index (χ2n) is 4.96. The highest BCUT2D eigenvalue weighted by molar-refractivity contribution is 7.13. The maximum Gasteiger partial charge on any atom is 0.393 e. The van der Waals surface area contributed by atoms with Crippen molar-refractivity contribution in [2.75, 3.05) is 25.0 Å². The predicted octanol–water partition coefficient (Wildman–Crippen LogP) is 2.66. The Bertz CT molecular complexity index is 475. The van der Waals surface area contributed by atoms with Crippen LogP contribution < -0.4 is 5.32 Å². The van der Waals surface area contributed by atoms with Gasteiger partial charge < -0.3 is 5.32 Å². The molecule has 0 aliphatic carbocycles. The number of carbonyl (C=O) groups excluding carboxylic acids is 1. The molecule has 0 radical (unpaired) electrons. The van der Waals surface area contributed by atoms with Gasteiger partial charge in [-0.3, -0.25) is 9.69 Å². The number of anilines is 1. The molecule has 1 amide bonds. The molecular weight excluding hydrogens is 291 g/mol. The summed E-state index contributed by atoms with van der Waals surface area (Å²) in [5.74, 6) is -1.65. The Labute approximate surface area is 119 Å². The zero-order valence-electron chi connectivity index (χ0n) is 11.0. The number of alkyl halides is 3. The standard InChI is InChI=1S/C12H16F3N3OS/c1-8-7-20-11(16-8)17-10(19)6-18-4-2-3-9(5-18)12(13,14)15/h7,9H,2-6H2,1H3,(H,16,17,19)/t9-/m0/s1. The van der Waals surface area contributed by atoms with E-state index < -0.39 is 12.1 Å². The molecule has 2 rings (SSSR count). The van der Waals surface area contributed by atoms with Gasteiger partial charge in [0.2, 0.25) is 5.91 Å². The summed E-state index contributed by atoms with van der Waals surface area (Å²) in [5.41, 5.74) is 0.806. The second-order valence-corrected chi connectivity index (χ2v) is 5.82. The van der Waals surface area contributed by atoms with Gasteiger partial charge in [-0.05, 0) is 26.3 Å². The van der Waals surface area contributed by atoms with Crippen molar-refractivity contribution in [2.24, 2.45) is 5.92 Å². The van der Waals surface area contributed by atoms with Crippen LogP contribution in [0.3, 0.4) is 0 Å². The first kappa shape index (κ1) is 15.2. The van der Waals surface area contributed by atoms with E-state index in [1.165, 1.54) is 11.3 Å². The zero-order chi connectivity index (χ0) is 14.8. The van der Waals surface area contributed by atoms with Crippen molar-refractivity contribution >= 4 is 22.4 Å². The van der Waals surface area contributed by atoms with Crippen LogP contribution in [-0.4, -0.2) is 41.6 Å². The largest absolute Gasteiger partial charge is 0.393 e. The van der Waals surface area contributed by atoms with Crippen molar-refractivity contribution in [3.8, 4) is 0 Å². The molecule has 1 atom stereocenters. The Hall–Kier alpha value is -1.15. The summed E-state index contributed by atoms with van der Waals surface area (Å²) in [4.78, 5) is 17.4. The number of hydrogen-bond acceptors (Lipinski definition) is 4. The van der Waals surface area contributed by atoms with Gasteiger partial charge in [0, 0.05) is 11.9 Å². The van der Waals surface area contributed by atoms with E-state index in [-0.39, 0.29) is 25.4 Å². The van der Waals surface area contributed by atoms with Gasteiger partial charge in [-0.1, -0.05) is 0 Å². The van der Waals surface area contributed by atoms with Gasteiger partial charge in [0.05, 0.1) is 18.2 Å². The lowest BCUT2D eigenvalue weighted by Gasteiger charge is -2.33. The minimum atomic E-state index is -4.18. The minimum Gasteiger partial charge on any atom is -0.301 e. The number of aryl methyl sites for hydroxylation is 1. The Morgan fingerprint density at radius 3 is 2.95 bits per heavy atom. The van der Waals surface area contributed by atoms with Crippen LogP contribution in [0, 0.1) is 12.8 Å². The zero-order valence-corrected chi connectivity index (χ0v) is 11.9. The van der Waals surface area contributed by atoms with E-state index in [4.69, 9.17) is 0 Å². The van der Waals surface area contributed by atoms with Gasteiger partial charge >= 0.3 is 6.18 Å². The summed E-state index contributed by atoms with van der Waals surface area (Å²) >= 11 is 1.30. The molecule has 0 bridgehead atoms. The third-order valence-electron chi connectivity index (χ3n) is 3.20. The molecule has 112 valence electrons. The molecule has 1 saturated heterocycles. The molecule has 4 nitrogen and oxygen atoms in total. The number of carbonyl (C=O) groups is 1. The van der Waals surface area contributed by atoms with Crippen molar-refractivity contribution in [3.05, 3.63) is 11.1 Å². The number of hydrogen-bond donors (Lipinski definition) is 1. The van der Waals surface area contributed by atoms with Gasteiger partial charge in [0.15, 0.2) is 5.13 Å². The molecule has 8 heteroatoms. The highest BCUT2D eigenvalue weighted by Crippen LogP contribution is 2.32. The molecule has 1 aromatic heterocycles. The topological polar surface area (TPSA) is 45.2 Å². The first-order chi connectivity index (χ1) is 9.34. The van der Waals surface area contributed by atoms with Crippen molar-refractivity contribution in [1.82, 2.24) is 9.88 Å².